The Morgan fingerprint density at radius 2 is 1.12 bits per heavy atom. The van der Waals surface area contributed by atoms with Gasteiger partial charge in [-0.05, 0) is 84.6 Å². The molecule has 2 aromatic heterocycles. The van der Waals surface area contributed by atoms with Crippen LogP contribution in [-0.4, -0.2) is 15.0 Å². The summed E-state index contributed by atoms with van der Waals surface area (Å²) in [5, 5.41) is 7.23. The first-order chi connectivity index (χ1) is 25.0. The molecule has 0 saturated carbocycles. The molecule has 0 N–H and O–H groups in total. The van der Waals surface area contributed by atoms with E-state index < -0.39 is 0 Å². The zero-order chi connectivity index (χ0) is 34.1. The van der Waals surface area contributed by atoms with Crippen LogP contribution >= 0.6 is 0 Å². The van der Waals surface area contributed by atoms with Gasteiger partial charge < -0.3 is 0 Å². The lowest BCUT2D eigenvalue weighted by Crippen LogP contribution is -2.15. The van der Waals surface area contributed by atoms with Gasteiger partial charge >= 0.3 is 0 Å². The normalized spacial score (nSPS) is 13.1. The molecule has 0 spiro atoms. The largest absolute Gasteiger partial charge is 0.264 e. The van der Waals surface area contributed by atoms with E-state index in [-0.39, 0.29) is 5.41 Å². The number of hydrogen-bond acceptors (Lipinski definition) is 3. The number of benzene rings is 7. The molecule has 0 radical (unpaired) electrons. The van der Waals surface area contributed by atoms with E-state index in [0.717, 1.165) is 44.2 Å². The molecule has 1 aliphatic carbocycles. The van der Waals surface area contributed by atoms with Crippen LogP contribution in [0.1, 0.15) is 25.0 Å². The first kappa shape index (κ1) is 29.5. The topological polar surface area (TPSA) is 38.7 Å². The molecule has 0 atom stereocenters. The molecule has 1 aliphatic rings. The number of hydrogen-bond donors (Lipinski definition) is 0. The third-order valence-corrected chi connectivity index (χ3v) is 10.7. The first-order valence-corrected chi connectivity index (χ1v) is 17.5. The fraction of sp³-hybridized carbons (Fsp3) is 0.0625. The van der Waals surface area contributed by atoms with Crippen molar-refractivity contribution in [1.29, 1.82) is 0 Å². The predicted octanol–water partition coefficient (Wildman–Crippen LogP) is 12.3. The zero-order valence-electron chi connectivity index (χ0n) is 28.4. The Bertz CT molecular complexity index is 2830. The van der Waals surface area contributed by atoms with E-state index >= 15 is 0 Å². The molecule has 0 bridgehead atoms. The van der Waals surface area contributed by atoms with Crippen molar-refractivity contribution in [1.82, 2.24) is 15.0 Å². The molecule has 0 amide bonds. The average molecular weight is 652 g/mol. The molecule has 0 unspecified atom stereocenters. The Labute approximate surface area is 297 Å². The Balaban J connectivity index is 1.14. The quantitative estimate of drug-likeness (QED) is 0.190. The van der Waals surface area contributed by atoms with Crippen LogP contribution in [0.2, 0.25) is 0 Å². The Hall–Kier alpha value is -6.45. The van der Waals surface area contributed by atoms with Gasteiger partial charge in [0.2, 0.25) is 0 Å². The molecule has 240 valence electrons. The van der Waals surface area contributed by atoms with E-state index in [1.165, 1.54) is 49.5 Å². The highest BCUT2D eigenvalue weighted by molar-refractivity contribution is 6.06. The molecule has 51 heavy (non-hydrogen) atoms. The summed E-state index contributed by atoms with van der Waals surface area (Å²) in [6, 6.07) is 54.5. The van der Waals surface area contributed by atoms with Crippen LogP contribution in [0, 0.1) is 0 Å². The van der Waals surface area contributed by atoms with Gasteiger partial charge in [-0.3, -0.25) is 4.98 Å². The van der Waals surface area contributed by atoms with Crippen molar-refractivity contribution in [2.75, 3.05) is 0 Å². The van der Waals surface area contributed by atoms with Crippen molar-refractivity contribution in [3.8, 4) is 56.2 Å². The van der Waals surface area contributed by atoms with Gasteiger partial charge in [-0.15, -0.1) is 0 Å². The number of nitrogens with zero attached hydrogens (tertiary/aromatic N) is 3. The Kier molecular flexibility index (Phi) is 6.53. The molecule has 7 aromatic carbocycles. The molecule has 10 rings (SSSR count). The summed E-state index contributed by atoms with van der Waals surface area (Å²) in [7, 11) is 0. The monoisotopic (exact) mass is 651 g/mol. The van der Waals surface area contributed by atoms with Crippen LogP contribution in [0.15, 0.2) is 164 Å². The summed E-state index contributed by atoms with van der Waals surface area (Å²) >= 11 is 0. The van der Waals surface area contributed by atoms with Gasteiger partial charge in [0, 0.05) is 39.9 Å². The number of rotatable bonds is 4. The maximum absolute atomic E-state index is 5.20. The highest BCUT2D eigenvalue weighted by atomic mass is 14.9. The van der Waals surface area contributed by atoms with Crippen molar-refractivity contribution >= 4 is 32.3 Å². The highest BCUT2D eigenvalue weighted by Gasteiger charge is 2.37. The summed E-state index contributed by atoms with van der Waals surface area (Å²) in [6.45, 7) is 4.73. The molecular formula is C48H33N3. The third kappa shape index (κ3) is 4.69. The molecule has 2 heterocycles. The van der Waals surface area contributed by atoms with Gasteiger partial charge in [-0.2, -0.15) is 0 Å². The van der Waals surface area contributed by atoms with E-state index in [2.05, 4.69) is 146 Å². The van der Waals surface area contributed by atoms with E-state index in [1.54, 1.807) is 0 Å². The maximum atomic E-state index is 5.20. The second kappa shape index (κ2) is 11.3. The van der Waals surface area contributed by atoms with E-state index in [4.69, 9.17) is 9.97 Å². The zero-order valence-corrected chi connectivity index (χ0v) is 28.4. The second-order valence-corrected chi connectivity index (χ2v) is 14.1. The number of pyridine rings is 1. The van der Waals surface area contributed by atoms with Crippen LogP contribution in [-0.2, 0) is 5.41 Å². The Morgan fingerprint density at radius 3 is 1.98 bits per heavy atom. The molecule has 3 heteroatoms. The van der Waals surface area contributed by atoms with Gasteiger partial charge in [0.1, 0.15) is 0 Å². The molecule has 0 fully saturated rings. The van der Waals surface area contributed by atoms with Gasteiger partial charge in [-0.25, -0.2) is 9.97 Å². The van der Waals surface area contributed by atoms with Crippen molar-refractivity contribution in [2.24, 2.45) is 0 Å². The third-order valence-electron chi connectivity index (χ3n) is 10.7. The summed E-state index contributed by atoms with van der Waals surface area (Å²) in [6.07, 6.45) is 3.74. The lowest BCUT2D eigenvalue weighted by molar-refractivity contribution is 0.666. The summed E-state index contributed by atoms with van der Waals surface area (Å²) < 4.78 is 0. The minimum absolute atomic E-state index is 0.0846. The first-order valence-electron chi connectivity index (χ1n) is 17.5. The smallest absolute Gasteiger partial charge is 0.160 e. The molecule has 3 nitrogen and oxygen atoms in total. The molecule has 0 aliphatic heterocycles. The maximum Gasteiger partial charge on any atom is 0.160 e. The molecule has 9 aromatic rings. The van der Waals surface area contributed by atoms with Crippen LogP contribution in [0.4, 0.5) is 0 Å². The lowest BCUT2D eigenvalue weighted by Gasteiger charge is -2.23. The van der Waals surface area contributed by atoms with E-state index in [1.807, 2.05) is 36.7 Å². The number of fused-ring (bicyclic) bond motifs is 7. The van der Waals surface area contributed by atoms with E-state index in [0.29, 0.717) is 5.82 Å². The van der Waals surface area contributed by atoms with Gasteiger partial charge in [-0.1, -0.05) is 141 Å². The fourth-order valence-corrected chi connectivity index (χ4v) is 8.25. The SMILES string of the molecule is CC1(C)c2ccc(-c3ccc(-c4cc(-c5ccc6ccncc6c5)nc(-c5ccccc5)n4)c4ccccc34)cc2-c2ccc3ccccc3c21. The fourth-order valence-electron chi connectivity index (χ4n) is 8.25. The Morgan fingerprint density at radius 1 is 0.431 bits per heavy atom. The summed E-state index contributed by atoms with van der Waals surface area (Å²) in [5.74, 6) is 0.704. The van der Waals surface area contributed by atoms with Crippen molar-refractivity contribution in [3.05, 3.63) is 175 Å². The average Bonchev–Trinajstić information content (AvgIpc) is 3.43. The minimum atomic E-state index is -0.0846. The van der Waals surface area contributed by atoms with Crippen LogP contribution < -0.4 is 0 Å². The van der Waals surface area contributed by atoms with Gasteiger partial charge in [0.25, 0.3) is 0 Å². The second-order valence-electron chi connectivity index (χ2n) is 14.1. The van der Waals surface area contributed by atoms with Crippen molar-refractivity contribution < 1.29 is 0 Å². The minimum Gasteiger partial charge on any atom is -0.264 e. The van der Waals surface area contributed by atoms with Crippen LogP contribution in [0.5, 0.6) is 0 Å². The van der Waals surface area contributed by atoms with Crippen molar-refractivity contribution in [2.45, 2.75) is 19.3 Å². The summed E-state index contributed by atoms with van der Waals surface area (Å²) in [4.78, 5) is 14.7. The van der Waals surface area contributed by atoms with Gasteiger partial charge in [0.15, 0.2) is 5.82 Å². The van der Waals surface area contributed by atoms with Crippen LogP contribution in [0.25, 0.3) is 88.5 Å². The van der Waals surface area contributed by atoms with Gasteiger partial charge in [0.05, 0.1) is 11.4 Å². The highest BCUT2D eigenvalue weighted by Crippen LogP contribution is 2.52. The standard InChI is InChI=1S/C48H33N3/c1-48(2)43-23-19-33(27-42(43)41-20-18-31-10-6-7-13-37(31)46(41)48)36-21-22-40(39-15-9-8-14-38(36)39)45-28-44(50-47(51-45)32-11-4-3-5-12-32)34-17-16-30-24-25-49-29-35(30)26-34/h3-29H,1-2H3. The number of aromatic nitrogens is 3. The predicted molar refractivity (Wildman–Crippen MR) is 212 cm³/mol. The lowest BCUT2D eigenvalue weighted by atomic mass is 9.80. The van der Waals surface area contributed by atoms with E-state index in [9.17, 15) is 0 Å². The van der Waals surface area contributed by atoms with Crippen molar-refractivity contribution in [3.63, 3.8) is 0 Å². The van der Waals surface area contributed by atoms with Crippen LogP contribution in [0.3, 0.4) is 0 Å². The molecular weight excluding hydrogens is 619 g/mol. The molecule has 0 saturated heterocycles. The summed E-state index contributed by atoms with van der Waals surface area (Å²) in [5.41, 5.74) is 12.7.